The highest BCUT2D eigenvalue weighted by molar-refractivity contribution is 4.69. The van der Waals surface area contributed by atoms with Crippen LogP contribution in [0.1, 0.15) is 20.8 Å². The van der Waals surface area contributed by atoms with Gasteiger partial charge in [0.15, 0.2) is 0 Å². The largest absolute Gasteiger partial charge is 0.311 e. The Balaban J connectivity index is 3.21. The fourth-order valence-corrected chi connectivity index (χ4v) is 0.607. The molecule has 0 bridgehead atoms. The van der Waals surface area contributed by atoms with Crippen LogP contribution in [0.5, 0.6) is 0 Å². The van der Waals surface area contributed by atoms with Crippen molar-refractivity contribution in [3.8, 4) is 0 Å². The molecule has 62 valence electrons. The van der Waals surface area contributed by atoms with Crippen molar-refractivity contribution in [2.45, 2.75) is 26.3 Å². The van der Waals surface area contributed by atoms with Gasteiger partial charge in [0.05, 0.1) is 0 Å². The second-order valence-electron chi connectivity index (χ2n) is 3.66. The highest BCUT2D eigenvalue weighted by atomic mass is 15.4. The van der Waals surface area contributed by atoms with Gasteiger partial charge in [-0.3, -0.25) is 5.84 Å². The van der Waals surface area contributed by atoms with Gasteiger partial charge in [0.1, 0.15) is 0 Å². The van der Waals surface area contributed by atoms with Gasteiger partial charge in [0.2, 0.25) is 0 Å². The Bertz CT molecular complexity index is 83.3. The van der Waals surface area contributed by atoms with Crippen LogP contribution < -0.4 is 11.2 Å². The maximum Gasteiger partial charge on any atom is 0.0251 e. The number of nitrogens with zero attached hydrogens (tertiary/aromatic N) is 1. The second-order valence-corrected chi connectivity index (χ2v) is 3.66. The van der Waals surface area contributed by atoms with Gasteiger partial charge in [0.25, 0.3) is 0 Å². The van der Waals surface area contributed by atoms with Crippen molar-refractivity contribution in [2.75, 3.05) is 20.1 Å². The molecule has 10 heavy (non-hydrogen) atoms. The van der Waals surface area contributed by atoms with Gasteiger partial charge < -0.3 is 5.32 Å². The topological polar surface area (TPSA) is 41.3 Å². The first-order valence-electron chi connectivity index (χ1n) is 3.63. The van der Waals surface area contributed by atoms with Gasteiger partial charge in [-0.05, 0) is 20.8 Å². The minimum Gasteiger partial charge on any atom is -0.311 e. The van der Waals surface area contributed by atoms with Crippen molar-refractivity contribution in [1.82, 2.24) is 10.3 Å². The van der Waals surface area contributed by atoms with Crippen molar-refractivity contribution in [3.63, 3.8) is 0 Å². The lowest BCUT2D eigenvalue weighted by atomic mass is 10.1. The van der Waals surface area contributed by atoms with Crippen molar-refractivity contribution in [2.24, 2.45) is 5.84 Å². The zero-order chi connectivity index (χ0) is 8.20. The lowest BCUT2D eigenvalue weighted by molar-refractivity contribution is 0.319. The van der Waals surface area contributed by atoms with E-state index in [1.54, 1.807) is 5.01 Å². The predicted molar refractivity (Wildman–Crippen MR) is 44.6 cm³/mol. The van der Waals surface area contributed by atoms with Gasteiger partial charge in [-0.15, -0.1) is 0 Å². The van der Waals surface area contributed by atoms with E-state index in [1.165, 1.54) is 0 Å². The molecule has 0 aliphatic rings. The van der Waals surface area contributed by atoms with E-state index in [0.717, 1.165) is 13.1 Å². The molecule has 0 saturated heterocycles. The summed E-state index contributed by atoms with van der Waals surface area (Å²) >= 11 is 0. The van der Waals surface area contributed by atoms with E-state index < -0.39 is 0 Å². The highest BCUT2D eigenvalue weighted by Crippen LogP contribution is 1.96. The summed E-state index contributed by atoms with van der Waals surface area (Å²) in [5.41, 5.74) is 0.204. The second kappa shape index (κ2) is 3.91. The number of hydrogen-bond donors (Lipinski definition) is 2. The van der Waals surface area contributed by atoms with E-state index in [0.29, 0.717) is 0 Å². The summed E-state index contributed by atoms with van der Waals surface area (Å²) in [5.74, 6) is 5.42. The maximum absolute atomic E-state index is 5.42. The fourth-order valence-electron chi connectivity index (χ4n) is 0.607. The third-order valence-corrected chi connectivity index (χ3v) is 1.12. The average Bonchev–Trinajstić information content (AvgIpc) is 1.59. The molecule has 0 aliphatic heterocycles. The molecule has 0 aromatic heterocycles. The Morgan fingerprint density at radius 2 is 1.90 bits per heavy atom. The quantitative estimate of drug-likeness (QED) is 0.440. The number of nitrogens with two attached hydrogens (primary N) is 1. The molecule has 0 heterocycles. The van der Waals surface area contributed by atoms with E-state index >= 15 is 0 Å². The van der Waals surface area contributed by atoms with Crippen LogP contribution in [-0.4, -0.2) is 30.7 Å². The first-order chi connectivity index (χ1) is 4.42. The average molecular weight is 145 g/mol. The molecule has 3 heteroatoms. The van der Waals surface area contributed by atoms with Crippen LogP contribution in [0.25, 0.3) is 0 Å². The highest BCUT2D eigenvalue weighted by Gasteiger charge is 2.06. The van der Waals surface area contributed by atoms with E-state index in [9.17, 15) is 0 Å². The van der Waals surface area contributed by atoms with Crippen molar-refractivity contribution >= 4 is 0 Å². The predicted octanol–water partition coefficient (Wildman–Crippen LogP) is 0.180. The minimum atomic E-state index is 0.204. The molecule has 0 fully saturated rings. The Hall–Kier alpha value is -0.120. The van der Waals surface area contributed by atoms with E-state index in [2.05, 4.69) is 26.1 Å². The van der Waals surface area contributed by atoms with Gasteiger partial charge in [0, 0.05) is 25.7 Å². The van der Waals surface area contributed by atoms with Gasteiger partial charge >= 0.3 is 0 Å². The zero-order valence-electron chi connectivity index (χ0n) is 7.44. The molecule has 0 aromatic rings. The third kappa shape index (κ3) is 7.88. The molecule has 0 spiro atoms. The molecule has 0 saturated carbocycles. The van der Waals surface area contributed by atoms with Gasteiger partial charge in [-0.25, -0.2) is 5.01 Å². The molecule has 0 amide bonds. The molecule has 0 rings (SSSR count). The van der Waals surface area contributed by atoms with Crippen molar-refractivity contribution in [1.29, 1.82) is 0 Å². The summed E-state index contributed by atoms with van der Waals surface area (Å²) in [7, 11) is 1.87. The summed E-state index contributed by atoms with van der Waals surface area (Å²) in [6.45, 7) is 8.25. The van der Waals surface area contributed by atoms with E-state index in [-0.39, 0.29) is 5.54 Å². The van der Waals surface area contributed by atoms with Crippen molar-refractivity contribution < 1.29 is 0 Å². The lowest BCUT2D eigenvalue weighted by Gasteiger charge is -2.21. The minimum absolute atomic E-state index is 0.204. The standard InChI is InChI=1S/C7H19N3/c1-7(2,3)9-5-6-10(4)8/h9H,5-6,8H2,1-4H3. The molecule has 0 aromatic carbocycles. The van der Waals surface area contributed by atoms with Crippen LogP contribution in [0.15, 0.2) is 0 Å². The van der Waals surface area contributed by atoms with Gasteiger partial charge in [-0.1, -0.05) is 0 Å². The number of hydrazine groups is 1. The van der Waals surface area contributed by atoms with Crippen LogP contribution >= 0.6 is 0 Å². The Labute approximate surface area is 63.5 Å². The molecule has 0 unspecified atom stereocenters. The number of hydrogen-bond acceptors (Lipinski definition) is 3. The summed E-state index contributed by atoms with van der Waals surface area (Å²) in [6.07, 6.45) is 0. The Morgan fingerprint density at radius 1 is 1.40 bits per heavy atom. The molecular formula is C7H19N3. The monoisotopic (exact) mass is 145 g/mol. The van der Waals surface area contributed by atoms with Crippen LogP contribution in [0.3, 0.4) is 0 Å². The molecule has 0 radical (unpaired) electrons. The van der Waals surface area contributed by atoms with E-state index in [4.69, 9.17) is 5.84 Å². The fraction of sp³-hybridized carbons (Fsp3) is 1.00. The normalized spacial score (nSPS) is 12.6. The van der Waals surface area contributed by atoms with Crippen LogP contribution in [0, 0.1) is 0 Å². The summed E-state index contributed by atoms with van der Waals surface area (Å²) in [6, 6.07) is 0. The summed E-state index contributed by atoms with van der Waals surface area (Å²) in [5, 5.41) is 5.01. The van der Waals surface area contributed by atoms with E-state index in [1.807, 2.05) is 7.05 Å². The number of likely N-dealkylation sites (N-methyl/N-ethyl adjacent to an activating group) is 1. The first kappa shape index (κ1) is 9.88. The molecule has 3 N–H and O–H groups in total. The first-order valence-corrected chi connectivity index (χ1v) is 3.63. The molecular weight excluding hydrogens is 126 g/mol. The Kier molecular flexibility index (Phi) is 3.86. The SMILES string of the molecule is CN(N)CCNC(C)(C)C. The van der Waals surface area contributed by atoms with Gasteiger partial charge in [-0.2, -0.15) is 0 Å². The Morgan fingerprint density at radius 3 is 2.20 bits per heavy atom. The van der Waals surface area contributed by atoms with Crippen LogP contribution in [-0.2, 0) is 0 Å². The van der Waals surface area contributed by atoms with Crippen LogP contribution in [0.2, 0.25) is 0 Å². The summed E-state index contributed by atoms with van der Waals surface area (Å²) < 4.78 is 0. The number of rotatable bonds is 3. The molecule has 3 nitrogen and oxygen atoms in total. The molecule has 0 atom stereocenters. The number of nitrogens with one attached hydrogen (secondary N) is 1. The molecule has 0 aliphatic carbocycles. The zero-order valence-corrected chi connectivity index (χ0v) is 7.44. The van der Waals surface area contributed by atoms with Crippen LogP contribution in [0.4, 0.5) is 0 Å². The summed E-state index contributed by atoms with van der Waals surface area (Å²) in [4.78, 5) is 0. The smallest absolute Gasteiger partial charge is 0.0251 e. The third-order valence-electron chi connectivity index (χ3n) is 1.12. The van der Waals surface area contributed by atoms with Crippen molar-refractivity contribution in [3.05, 3.63) is 0 Å². The maximum atomic E-state index is 5.42. The lowest BCUT2D eigenvalue weighted by Crippen LogP contribution is -2.42.